The van der Waals surface area contributed by atoms with E-state index in [-0.39, 0.29) is 0 Å². The van der Waals surface area contributed by atoms with Gasteiger partial charge in [-0.15, -0.1) is 0 Å². The summed E-state index contributed by atoms with van der Waals surface area (Å²) >= 11 is 0. The van der Waals surface area contributed by atoms with Gasteiger partial charge in [0, 0.05) is 6.42 Å². The van der Waals surface area contributed by atoms with Gasteiger partial charge in [0.15, 0.2) is 6.54 Å². The van der Waals surface area contributed by atoms with Crippen LogP contribution in [0.15, 0.2) is 0 Å². The van der Waals surface area contributed by atoms with E-state index < -0.39 is 71.9 Å². The molecule has 1 unspecified atom stereocenters. The zero-order valence-corrected chi connectivity index (χ0v) is 14.9. The predicted octanol–water partition coefficient (Wildman–Crippen LogP) is 3.64. The summed E-state index contributed by atoms with van der Waals surface area (Å²) in [4.78, 5) is 10.5. The molecule has 0 aliphatic rings. The molecule has 4 nitrogen and oxygen atoms in total. The van der Waals surface area contributed by atoms with Gasteiger partial charge in [0.1, 0.15) is 12.6 Å². The van der Waals surface area contributed by atoms with Crippen LogP contribution in [0.3, 0.4) is 0 Å². The van der Waals surface area contributed by atoms with Gasteiger partial charge in [-0.05, 0) is 0 Å². The zero-order valence-electron chi connectivity index (χ0n) is 14.9. The number of aliphatic carboxylic acids is 1. The molecule has 0 aromatic heterocycles. The van der Waals surface area contributed by atoms with E-state index >= 15 is 0 Å². The highest BCUT2D eigenvalue weighted by atomic mass is 19.4. The summed E-state index contributed by atoms with van der Waals surface area (Å²) in [6.45, 7) is -2.05. The number of alkyl halides is 13. The van der Waals surface area contributed by atoms with Crippen molar-refractivity contribution >= 4 is 5.97 Å². The van der Waals surface area contributed by atoms with E-state index in [1.54, 1.807) is 0 Å². The smallest absolute Gasteiger partial charge is 0.460 e. The fraction of sp³-hybridized carbons (Fsp3) is 0.923. The molecule has 0 saturated carbocycles. The minimum absolute atomic E-state index is 0.906. The second-order valence-corrected chi connectivity index (χ2v) is 7.03. The maximum absolute atomic E-state index is 13.6. The number of carboxylic acids is 1. The number of carboxylic acid groups (broad SMARTS) is 1. The number of aliphatic hydroxyl groups is 1. The van der Waals surface area contributed by atoms with Crippen molar-refractivity contribution in [3.63, 3.8) is 0 Å². The molecule has 0 aliphatic heterocycles. The summed E-state index contributed by atoms with van der Waals surface area (Å²) in [5, 5.41) is 17.9. The van der Waals surface area contributed by atoms with Crippen LogP contribution >= 0.6 is 0 Å². The molecule has 17 heteroatoms. The Morgan fingerprint density at radius 2 is 1.13 bits per heavy atom. The van der Waals surface area contributed by atoms with Crippen molar-refractivity contribution in [3.8, 4) is 0 Å². The number of hydrogen-bond acceptors (Lipinski definition) is 2. The van der Waals surface area contributed by atoms with Crippen LogP contribution in [0.25, 0.3) is 0 Å². The molecule has 0 bridgehead atoms. The number of rotatable bonds is 10. The number of hydrogen-bond donors (Lipinski definition) is 2. The fourth-order valence-electron chi connectivity index (χ4n) is 2.29. The average molecular weight is 480 g/mol. The van der Waals surface area contributed by atoms with Crippen LogP contribution in [0.2, 0.25) is 0 Å². The molecule has 0 aliphatic carbocycles. The van der Waals surface area contributed by atoms with Crippen LogP contribution in [0.5, 0.6) is 0 Å². The van der Waals surface area contributed by atoms with Crippen LogP contribution in [0, 0.1) is 0 Å². The molecule has 0 spiro atoms. The number of halogens is 13. The third kappa shape index (κ3) is 5.03. The minimum atomic E-state index is -8.01. The molecular weight excluding hydrogens is 465 g/mol. The van der Waals surface area contributed by atoms with Gasteiger partial charge in [-0.1, -0.05) is 0 Å². The Morgan fingerprint density at radius 1 is 0.767 bits per heavy atom. The van der Waals surface area contributed by atoms with Crippen molar-refractivity contribution in [1.29, 1.82) is 0 Å². The monoisotopic (exact) mass is 480 g/mol. The highest BCUT2D eigenvalue weighted by Crippen LogP contribution is 2.60. The van der Waals surface area contributed by atoms with Gasteiger partial charge in [-0.25, -0.2) is 4.79 Å². The highest BCUT2D eigenvalue weighted by Gasteiger charge is 2.90. The summed E-state index contributed by atoms with van der Waals surface area (Å²) < 4.78 is 167. The molecular formula is C13H15F13NO3+. The number of aliphatic hydroxyl groups excluding tert-OH is 1. The first-order chi connectivity index (χ1) is 12.8. The molecule has 0 rings (SSSR count). The lowest BCUT2D eigenvalue weighted by molar-refractivity contribution is -0.886. The number of carbonyl (C=O) groups is 1. The van der Waals surface area contributed by atoms with E-state index in [9.17, 15) is 67.0 Å². The Bertz CT molecular complexity index is 630. The van der Waals surface area contributed by atoms with Crippen LogP contribution in [-0.2, 0) is 4.79 Å². The van der Waals surface area contributed by atoms with Crippen LogP contribution in [0.1, 0.15) is 6.42 Å². The van der Waals surface area contributed by atoms with Crippen molar-refractivity contribution in [2.45, 2.75) is 48.3 Å². The largest absolute Gasteiger partial charge is 0.477 e. The summed E-state index contributed by atoms with van der Waals surface area (Å²) in [7, 11) is 1.89. The lowest BCUT2D eigenvalue weighted by Crippen LogP contribution is -2.70. The first-order valence-corrected chi connectivity index (χ1v) is 7.44. The second-order valence-electron chi connectivity index (χ2n) is 7.03. The summed E-state index contributed by atoms with van der Waals surface area (Å²) in [6, 6.07) is 0. The van der Waals surface area contributed by atoms with Crippen LogP contribution in [-0.4, -0.2) is 89.7 Å². The van der Waals surface area contributed by atoms with Gasteiger partial charge in [0.2, 0.25) is 0 Å². The van der Waals surface area contributed by atoms with Crippen molar-refractivity contribution in [1.82, 2.24) is 0 Å². The van der Waals surface area contributed by atoms with E-state index in [0.29, 0.717) is 0 Å². The quantitative estimate of drug-likeness (QED) is 0.371. The van der Waals surface area contributed by atoms with Gasteiger partial charge in [-0.2, -0.15) is 57.1 Å². The molecule has 30 heavy (non-hydrogen) atoms. The van der Waals surface area contributed by atoms with E-state index in [1.807, 2.05) is 0 Å². The van der Waals surface area contributed by atoms with Crippen molar-refractivity contribution < 1.29 is 76.6 Å². The zero-order chi connectivity index (χ0) is 24.8. The third-order valence-corrected chi connectivity index (χ3v) is 3.76. The Hall–Kier alpha value is -1.52. The number of nitrogens with zero attached hydrogens (tertiary/aromatic N) is 1. The minimum Gasteiger partial charge on any atom is -0.477 e. The highest BCUT2D eigenvalue weighted by molar-refractivity contribution is 5.67. The molecule has 0 radical (unpaired) electrons. The number of quaternary nitrogens is 1. The molecule has 0 amide bonds. The van der Waals surface area contributed by atoms with E-state index in [0.717, 1.165) is 14.1 Å². The molecule has 0 aromatic carbocycles. The molecule has 1 atom stereocenters. The Morgan fingerprint density at radius 3 is 1.47 bits per heavy atom. The molecule has 0 saturated heterocycles. The first kappa shape index (κ1) is 28.5. The molecule has 2 N–H and O–H groups in total. The lowest BCUT2D eigenvalue weighted by atomic mass is 9.91. The maximum atomic E-state index is 13.6. The first-order valence-electron chi connectivity index (χ1n) is 7.44. The van der Waals surface area contributed by atoms with Crippen molar-refractivity contribution in [2.75, 3.05) is 27.2 Å². The van der Waals surface area contributed by atoms with Gasteiger partial charge in [-0.3, -0.25) is 0 Å². The third-order valence-electron chi connectivity index (χ3n) is 3.76. The molecule has 180 valence electrons. The van der Waals surface area contributed by atoms with Gasteiger partial charge in [0.05, 0.1) is 14.1 Å². The van der Waals surface area contributed by atoms with E-state index in [1.165, 1.54) is 0 Å². The van der Waals surface area contributed by atoms with Gasteiger partial charge in [0.25, 0.3) is 0 Å². The van der Waals surface area contributed by atoms with Crippen LogP contribution in [0.4, 0.5) is 57.1 Å². The topological polar surface area (TPSA) is 57.5 Å². The lowest BCUT2D eigenvalue weighted by Gasteiger charge is -2.40. The normalized spacial score (nSPS) is 16.5. The van der Waals surface area contributed by atoms with Gasteiger partial charge >= 0.3 is 41.8 Å². The SMILES string of the molecule is C[N+](C)(CC(=O)O)CC(O)CC(F)(F)C(F)(F)C(F)(F)C(F)(F)C(F)(F)C(F)(F)F. The Kier molecular flexibility index (Phi) is 7.47. The maximum Gasteiger partial charge on any atom is 0.460 e. The summed E-state index contributed by atoms with van der Waals surface area (Å²) in [6.07, 6.45) is -13.1. The second kappa shape index (κ2) is 7.87. The van der Waals surface area contributed by atoms with Crippen molar-refractivity contribution in [2.24, 2.45) is 0 Å². The predicted molar refractivity (Wildman–Crippen MR) is 70.9 cm³/mol. The average Bonchev–Trinajstić information content (AvgIpc) is 2.41. The fourth-order valence-corrected chi connectivity index (χ4v) is 2.29. The van der Waals surface area contributed by atoms with E-state index in [4.69, 9.17) is 5.11 Å². The van der Waals surface area contributed by atoms with Crippen LogP contribution < -0.4 is 0 Å². The molecule has 0 fully saturated rings. The Balaban J connectivity index is 5.94. The Labute approximate surface area is 159 Å². The number of likely N-dealkylation sites (N-methyl/N-ethyl adjacent to an activating group) is 1. The van der Waals surface area contributed by atoms with Gasteiger partial charge < -0.3 is 14.7 Å². The molecule has 0 heterocycles. The van der Waals surface area contributed by atoms with E-state index in [2.05, 4.69) is 0 Å². The molecule has 0 aromatic rings. The summed E-state index contributed by atoms with van der Waals surface area (Å²) in [5.74, 6) is -39.2. The standard InChI is InChI=1S/C13H14F13NO3/c1-27(2,5-7(29)30)4-6(28)3-8(14,15)9(16,17)10(18,19)11(20,21)12(22,23)13(24,25)26/h6,28H,3-5H2,1-2H3/p+1. The van der Waals surface area contributed by atoms with Crippen molar-refractivity contribution in [3.05, 3.63) is 0 Å². The summed E-state index contributed by atoms with van der Waals surface area (Å²) in [5.41, 5.74) is 0.